The Morgan fingerprint density at radius 3 is 2.79 bits per heavy atom. The number of aromatic nitrogens is 2. The molecule has 128 valence electrons. The highest BCUT2D eigenvalue weighted by Crippen LogP contribution is 2.19. The van der Waals surface area contributed by atoms with Gasteiger partial charge in [-0.05, 0) is 18.1 Å². The Labute approximate surface area is 141 Å². The number of hydrogen-bond acceptors (Lipinski definition) is 4. The number of carboxylic acid groups (broad SMARTS) is 1. The van der Waals surface area contributed by atoms with Gasteiger partial charge in [0.25, 0.3) is 0 Å². The van der Waals surface area contributed by atoms with Crippen LogP contribution in [0, 0.1) is 0 Å². The minimum atomic E-state index is -0.794. The highest BCUT2D eigenvalue weighted by molar-refractivity contribution is 5.66. The molecule has 0 unspecified atom stereocenters. The van der Waals surface area contributed by atoms with Gasteiger partial charge in [0.05, 0.1) is 30.5 Å². The lowest BCUT2D eigenvalue weighted by Gasteiger charge is -2.28. The number of hydrogen-bond donors (Lipinski definition) is 2. The van der Waals surface area contributed by atoms with E-state index in [-0.39, 0.29) is 6.42 Å². The van der Waals surface area contributed by atoms with E-state index in [1.54, 1.807) is 0 Å². The molecule has 3 rings (SSSR count). The smallest absolute Gasteiger partial charge is 0.303 e. The zero-order valence-corrected chi connectivity index (χ0v) is 13.6. The maximum Gasteiger partial charge on any atom is 0.303 e. The van der Waals surface area contributed by atoms with Crippen LogP contribution in [0.2, 0.25) is 0 Å². The number of carbonyl (C=O) groups is 1. The third-order valence-electron chi connectivity index (χ3n) is 4.43. The first-order valence-corrected chi connectivity index (χ1v) is 8.34. The van der Waals surface area contributed by atoms with Crippen molar-refractivity contribution in [2.24, 2.45) is 0 Å². The molecule has 1 aliphatic rings. The Morgan fingerprint density at radius 2 is 2.04 bits per heavy atom. The van der Waals surface area contributed by atoms with E-state index in [0.29, 0.717) is 12.8 Å². The van der Waals surface area contributed by atoms with Gasteiger partial charge in [-0.15, -0.1) is 0 Å². The van der Waals surface area contributed by atoms with Gasteiger partial charge in [0.1, 0.15) is 0 Å². The van der Waals surface area contributed by atoms with Crippen LogP contribution in [0.1, 0.15) is 35.9 Å². The van der Waals surface area contributed by atoms with Crippen molar-refractivity contribution in [2.45, 2.75) is 38.5 Å². The summed E-state index contributed by atoms with van der Waals surface area (Å²) in [6, 6.07) is 11.7. The average Bonchev–Trinajstić information content (AvgIpc) is 3.00. The fourth-order valence-electron chi connectivity index (χ4n) is 3.07. The molecule has 6 nitrogen and oxygen atoms in total. The molecule has 0 spiro atoms. The van der Waals surface area contributed by atoms with Gasteiger partial charge >= 0.3 is 5.97 Å². The molecular weight excluding hydrogens is 306 g/mol. The zero-order chi connectivity index (χ0) is 16.9. The van der Waals surface area contributed by atoms with Crippen LogP contribution in [0.25, 0.3) is 0 Å². The summed E-state index contributed by atoms with van der Waals surface area (Å²) in [7, 11) is 0. The monoisotopic (exact) mass is 329 g/mol. The van der Waals surface area contributed by atoms with E-state index in [1.165, 1.54) is 0 Å². The number of nitrogens with zero attached hydrogens (tertiary/aromatic N) is 3. The molecule has 2 aromatic rings. The molecule has 0 bridgehead atoms. The van der Waals surface area contributed by atoms with Crippen molar-refractivity contribution in [2.75, 3.05) is 13.1 Å². The average molecular weight is 329 g/mol. The van der Waals surface area contributed by atoms with Crippen molar-refractivity contribution in [1.82, 2.24) is 14.7 Å². The number of carboxylic acids is 1. The predicted octanol–water partition coefficient (Wildman–Crippen LogP) is 1.84. The van der Waals surface area contributed by atoms with E-state index in [2.05, 4.69) is 10.00 Å². The van der Waals surface area contributed by atoms with E-state index in [0.717, 1.165) is 43.1 Å². The summed E-state index contributed by atoms with van der Waals surface area (Å²) in [6.07, 6.45) is 0.847. The summed E-state index contributed by atoms with van der Waals surface area (Å²) in [5.41, 5.74) is 2.92. The largest absolute Gasteiger partial charge is 0.481 e. The molecule has 1 atom stereocenters. The lowest BCUT2D eigenvalue weighted by atomic mass is 10.1. The molecular formula is C18H23N3O3. The Kier molecular flexibility index (Phi) is 5.27. The van der Waals surface area contributed by atoms with Crippen LogP contribution < -0.4 is 0 Å². The normalized spacial score (nSPS) is 15.9. The van der Waals surface area contributed by atoms with Crippen LogP contribution in [0.4, 0.5) is 0 Å². The van der Waals surface area contributed by atoms with Crippen LogP contribution in [0.3, 0.4) is 0 Å². The van der Waals surface area contributed by atoms with E-state index >= 15 is 0 Å². The molecule has 0 amide bonds. The maximum absolute atomic E-state index is 10.7. The first-order chi connectivity index (χ1) is 11.6. The second-order valence-corrected chi connectivity index (χ2v) is 6.24. The Morgan fingerprint density at radius 1 is 1.25 bits per heavy atom. The first kappa shape index (κ1) is 16.7. The molecule has 1 aliphatic heterocycles. The van der Waals surface area contributed by atoms with Crippen molar-refractivity contribution in [3.63, 3.8) is 0 Å². The van der Waals surface area contributed by atoms with Crippen LogP contribution in [-0.4, -0.2) is 44.0 Å². The first-order valence-electron chi connectivity index (χ1n) is 8.34. The highest BCUT2D eigenvalue weighted by Gasteiger charge is 2.19. The van der Waals surface area contributed by atoms with Crippen LogP contribution in [0.15, 0.2) is 36.4 Å². The van der Waals surface area contributed by atoms with Gasteiger partial charge in [0.2, 0.25) is 0 Å². The van der Waals surface area contributed by atoms with Gasteiger partial charge in [-0.3, -0.25) is 14.4 Å². The highest BCUT2D eigenvalue weighted by atomic mass is 16.4. The molecule has 0 fully saturated rings. The van der Waals surface area contributed by atoms with Crippen molar-refractivity contribution in [1.29, 1.82) is 0 Å². The van der Waals surface area contributed by atoms with Gasteiger partial charge in [-0.1, -0.05) is 30.3 Å². The minimum absolute atomic E-state index is 0.115. The van der Waals surface area contributed by atoms with Crippen LogP contribution in [-0.2, 0) is 24.3 Å². The molecule has 1 aromatic carbocycles. The van der Waals surface area contributed by atoms with Gasteiger partial charge in [0.15, 0.2) is 0 Å². The molecule has 24 heavy (non-hydrogen) atoms. The number of aliphatic hydroxyl groups excluding tert-OH is 1. The molecule has 0 saturated carbocycles. The fraction of sp³-hybridized carbons (Fsp3) is 0.444. The van der Waals surface area contributed by atoms with Crippen molar-refractivity contribution < 1.29 is 15.0 Å². The number of benzene rings is 1. The molecule has 0 radical (unpaired) electrons. The van der Waals surface area contributed by atoms with Crippen LogP contribution in [0.5, 0.6) is 0 Å². The Balaban J connectivity index is 1.52. The summed E-state index contributed by atoms with van der Waals surface area (Å²) in [5.74, 6) is -0.794. The quantitative estimate of drug-likeness (QED) is 0.810. The molecule has 6 heteroatoms. The van der Waals surface area contributed by atoms with E-state index in [9.17, 15) is 9.90 Å². The van der Waals surface area contributed by atoms with E-state index in [4.69, 9.17) is 5.11 Å². The van der Waals surface area contributed by atoms with Crippen molar-refractivity contribution >= 4 is 5.97 Å². The summed E-state index contributed by atoms with van der Waals surface area (Å²) in [4.78, 5) is 13.0. The van der Waals surface area contributed by atoms with Gasteiger partial charge in [0, 0.05) is 26.1 Å². The number of fused-ring (bicyclic) bond motifs is 1. The summed E-state index contributed by atoms with van der Waals surface area (Å²) in [5, 5.41) is 23.5. The van der Waals surface area contributed by atoms with Gasteiger partial charge < -0.3 is 10.2 Å². The number of aliphatic hydroxyl groups is 1. The third kappa shape index (κ3) is 4.21. The SMILES string of the molecule is O=C(O)CCc1cc2n(n1)CCN(CC[C@H](O)c1ccccc1)C2. The standard InChI is InChI=1S/C18H23N3O3/c22-17(14-4-2-1-3-5-14)8-9-20-10-11-21-16(13-20)12-15(19-21)6-7-18(23)24/h1-5,12,17,22H,6-11,13H2,(H,23,24)/t17-/m0/s1. The van der Waals surface area contributed by atoms with Gasteiger partial charge in [-0.2, -0.15) is 5.10 Å². The fourth-order valence-corrected chi connectivity index (χ4v) is 3.07. The molecule has 0 aliphatic carbocycles. The molecule has 1 aromatic heterocycles. The summed E-state index contributed by atoms with van der Waals surface area (Å²) >= 11 is 0. The lowest BCUT2D eigenvalue weighted by Crippen LogP contribution is -2.35. The summed E-state index contributed by atoms with van der Waals surface area (Å²) in [6.45, 7) is 3.33. The van der Waals surface area contributed by atoms with E-state index < -0.39 is 12.1 Å². The number of aliphatic carboxylic acids is 1. The second-order valence-electron chi connectivity index (χ2n) is 6.24. The Bertz CT molecular complexity index is 684. The van der Waals surface area contributed by atoms with Crippen molar-refractivity contribution in [3.8, 4) is 0 Å². The Hall–Kier alpha value is -2.18. The second kappa shape index (κ2) is 7.59. The van der Waals surface area contributed by atoms with Gasteiger partial charge in [-0.25, -0.2) is 0 Å². The summed E-state index contributed by atoms with van der Waals surface area (Å²) < 4.78 is 1.97. The van der Waals surface area contributed by atoms with E-state index in [1.807, 2.05) is 41.1 Å². The number of aryl methyl sites for hydroxylation is 1. The molecule has 2 heterocycles. The lowest BCUT2D eigenvalue weighted by molar-refractivity contribution is -0.136. The maximum atomic E-state index is 10.7. The zero-order valence-electron chi connectivity index (χ0n) is 13.6. The topological polar surface area (TPSA) is 78.6 Å². The number of rotatable bonds is 7. The minimum Gasteiger partial charge on any atom is -0.481 e. The molecule has 0 saturated heterocycles. The predicted molar refractivity (Wildman–Crippen MR) is 89.5 cm³/mol. The molecule has 2 N–H and O–H groups in total. The van der Waals surface area contributed by atoms with Crippen LogP contribution >= 0.6 is 0 Å². The van der Waals surface area contributed by atoms with Crippen molar-refractivity contribution in [3.05, 3.63) is 53.3 Å². The third-order valence-corrected chi connectivity index (χ3v) is 4.43.